The van der Waals surface area contributed by atoms with Gasteiger partial charge in [-0.3, -0.25) is 14.6 Å². The number of hydrogen-bond acceptors (Lipinski definition) is 5. The number of rotatable bonds is 4. The number of nitrogens with zero attached hydrogens (tertiary/aromatic N) is 2. The maximum Gasteiger partial charge on any atom is 0.258 e. The largest absolute Gasteiger partial charge is 0.497 e. The minimum Gasteiger partial charge on any atom is -0.497 e. The number of methoxy groups -OCH3 is 1. The van der Waals surface area contributed by atoms with Gasteiger partial charge in [-0.1, -0.05) is 39.7 Å². The number of imide groups is 1. The number of hydrazine groups is 1. The zero-order valence-corrected chi connectivity index (χ0v) is 21.3. The Morgan fingerprint density at radius 3 is 2.27 bits per heavy atom. The highest BCUT2D eigenvalue weighted by atomic mass is 79.9. The van der Waals surface area contributed by atoms with Crippen LogP contribution >= 0.6 is 43.5 Å². The number of amides is 2. The maximum atomic E-state index is 13.7. The van der Waals surface area contributed by atoms with Crippen molar-refractivity contribution in [1.82, 2.24) is 5.43 Å². The Bertz CT molecular complexity index is 1240. The summed E-state index contributed by atoms with van der Waals surface area (Å²) in [4.78, 5) is 28.6. The van der Waals surface area contributed by atoms with Crippen LogP contribution in [0.25, 0.3) is 0 Å². The molecule has 0 aliphatic carbocycles. The number of benzene rings is 3. The second-order valence-corrected chi connectivity index (χ2v) is 10.0. The first-order valence-corrected chi connectivity index (χ1v) is 12.1. The Labute approximate surface area is 212 Å². The standard InChI is InChI=1S/C24H18Br2ClN3O3/c1-33-17-9-7-16(8-10-17)29-23(31)20-21(13-2-5-15(27)6-3-13)28-30(22(20)24(29)32)19-11-4-14(25)12-18(19)26/h2-12,20-22,28H,1H3. The molecule has 3 unspecified atom stereocenters. The molecule has 0 aromatic heterocycles. The first-order chi connectivity index (χ1) is 15.9. The van der Waals surface area contributed by atoms with Crippen LogP contribution in [0, 0.1) is 5.92 Å². The molecule has 2 aliphatic rings. The van der Waals surface area contributed by atoms with Crippen molar-refractivity contribution < 1.29 is 14.3 Å². The number of hydrogen-bond donors (Lipinski definition) is 1. The normalized spacial score (nSPS) is 22.1. The molecule has 0 radical (unpaired) electrons. The van der Waals surface area contributed by atoms with Crippen molar-refractivity contribution in [3.63, 3.8) is 0 Å². The summed E-state index contributed by atoms with van der Waals surface area (Å²) in [6, 6.07) is 18.8. The smallest absolute Gasteiger partial charge is 0.258 e. The second kappa shape index (κ2) is 8.76. The molecule has 5 rings (SSSR count). The van der Waals surface area contributed by atoms with Gasteiger partial charge >= 0.3 is 0 Å². The summed E-state index contributed by atoms with van der Waals surface area (Å²) in [7, 11) is 1.57. The Morgan fingerprint density at radius 2 is 1.64 bits per heavy atom. The van der Waals surface area contributed by atoms with Crippen LogP contribution in [0.4, 0.5) is 11.4 Å². The molecule has 2 saturated heterocycles. The Morgan fingerprint density at radius 1 is 0.939 bits per heavy atom. The topological polar surface area (TPSA) is 61.9 Å². The number of carbonyl (C=O) groups is 2. The first-order valence-electron chi connectivity index (χ1n) is 10.2. The van der Waals surface area contributed by atoms with Crippen molar-refractivity contribution in [2.24, 2.45) is 5.92 Å². The van der Waals surface area contributed by atoms with Crippen molar-refractivity contribution >= 4 is 66.6 Å². The molecule has 168 valence electrons. The van der Waals surface area contributed by atoms with E-state index in [2.05, 4.69) is 37.3 Å². The summed E-state index contributed by atoms with van der Waals surface area (Å²) < 4.78 is 6.91. The molecule has 3 atom stereocenters. The molecular formula is C24H18Br2ClN3O3. The molecule has 2 heterocycles. The van der Waals surface area contributed by atoms with Crippen molar-refractivity contribution in [2.45, 2.75) is 12.1 Å². The highest BCUT2D eigenvalue weighted by Crippen LogP contribution is 2.45. The average molecular weight is 592 g/mol. The van der Waals surface area contributed by atoms with E-state index in [1.165, 1.54) is 4.90 Å². The Kier molecular flexibility index (Phi) is 5.95. The Balaban J connectivity index is 1.60. The van der Waals surface area contributed by atoms with Gasteiger partial charge in [-0.05, 0) is 76.1 Å². The van der Waals surface area contributed by atoms with Gasteiger partial charge in [0.2, 0.25) is 5.91 Å². The molecule has 3 aromatic carbocycles. The van der Waals surface area contributed by atoms with E-state index in [0.717, 1.165) is 20.2 Å². The Hall–Kier alpha value is -2.39. The van der Waals surface area contributed by atoms with Crippen LogP contribution in [-0.4, -0.2) is 25.0 Å². The number of carbonyl (C=O) groups excluding carboxylic acids is 2. The number of anilines is 2. The summed E-state index contributed by atoms with van der Waals surface area (Å²) in [6.07, 6.45) is 0. The lowest BCUT2D eigenvalue weighted by Gasteiger charge is -2.27. The lowest BCUT2D eigenvalue weighted by Crippen LogP contribution is -2.45. The zero-order chi connectivity index (χ0) is 23.3. The van der Waals surface area contributed by atoms with Gasteiger partial charge in [0.1, 0.15) is 11.8 Å². The summed E-state index contributed by atoms with van der Waals surface area (Å²) in [5.74, 6) is -0.497. The lowest BCUT2D eigenvalue weighted by atomic mass is 9.91. The summed E-state index contributed by atoms with van der Waals surface area (Å²) in [5.41, 5.74) is 5.58. The molecular weight excluding hydrogens is 574 g/mol. The van der Waals surface area contributed by atoms with E-state index < -0.39 is 18.0 Å². The third-order valence-electron chi connectivity index (χ3n) is 5.96. The fourth-order valence-electron chi connectivity index (χ4n) is 4.42. The molecule has 6 nitrogen and oxygen atoms in total. The zero-order valence-electron chi connectivity index (χ0n) is 17.3. The molecule has 33 heavy (non-hydrogen) atoms. The number of halogens is 3. The number of nitrogens with one attached hydrogen (secondary N) is 1. The fourth-order valence-corrected chi connectivity index (χ4v) is 5.78. The van der Waals surface area contributed by atoms with Gasteiger partial charge in [0.25, 0.3) is 5.91 Å². The van der Waals surface area contributed by atoms with E-state index in [-0.39, 0.29) is 11.8 Å². The van der Waals surface area contributed by atoms with E-state index in [1.807, 2.05) is 30.3 Å². The second-order valence-electron chi connectivity index (χ2n) is 7.80. The van der Waals surface area contributed by atoms with Gasteiger partial charge in [0, 0.05) is 14.0 Å². The molecule has 1 N–H and O–H groups in total. The van der Waals surface area contributed by atoms with Crippen molar-refractivity contribution in [1.29, 1.82) is 0 Å². The number of ether oxygens (including phenoxy) is 1. The monoisotopic (exact) mass is 589 g/mol. The highest BCUT2D eigenvalue weighted by Gasteiger charge is 2.59. The predicted octanol–water partition coefficient (Wildman–Crippen LogP) is 5.50. The molecule has 3 aromatic rings. The van der Waals surface area contributed by atoms with Crippen LogP contribution in [0.5, 0.6) is 5.75 Å². The fraction of sp³-hybridized carbons (Fsp3) is 0.167. The first kappa shape index (κ1) is 22.4. The average Bonchev–Trinajstić information content (AvgIpc) is 3.31. The summed E-state index contributed by atoms with van der Waals surface area (Å²) in [5, 5.41) is 2.40. The quantitative estimate of drug-likeness (QED) is 0.407. The van der Waals surface area contributed by atoms with Crippen LogP contribution in [0.2, 0.25) is 5.02 Å². The van der Waals surface area contributed by atoms with Crippen molar-refractivity contribution in [3.8, 4) is 5.75 Å². The van der Waals surface area contributed by atoms with Gasteiger partial charge in [0.05, 0.1) is 30.4 Å². The van der Waals surface area contributed by atoms with Crippen LogP contribution in [0.1, 0.15) is 11.6 Å². The van der Waals surface area contributed by atoms with Gasteiger partial charge in [-0.15, -0.1) is 0 Å². The van der Waals surface area contributed by atoms with Gasteiger partial charge in [-0.2, -0.15) is 0 Å². The maximum absolute atomic E-state index is 13.7. The van der Waals surface area contributed by atoms with E-state index in [1.54, 1.807) is 48.5 Å². The van der Waals surface area contributed by atoms with E-state index >= 15 is 0 Å². The molecule has 2 amide bonds. The predicted molar refractivity (Wildman–Crippen MR) is 134 cm³/mol. The molecule has 0 bridgehead atoms. The van der Waals surface area contributed by atoms with E-state index in [9.17, 15) is 9.59 Å². The van der Waals surface area contributed by atoms with Gasteiger partial charge < -0.3 is 4.74 Å². The SMILES string of the molecule is COc1ccc(N2C(=O)C3C(c4ccc(Cl)cc4)NN(c4ccc(Br)cc4Br)C3C2=O)cc1. The minimum atomic E-state index is -0.710. The van der Waals surface area contributed by atoms with Crippen LogP contribution in [0.3, 0.4) is 0 Å². The molecule has 0 saturated carbocycles. The molecule has 2 aliphatic heterocycles. The van der Waals surface area contributed by atoms with Crippen LogP contribution in [0.15, 0.2) is 75.7 Å². The lowest BCUT2D eigenvalue weighted by molar-refractivity contribution is -0.122. The highest BCUT2D eigenvalue weighted by molar-refractivity contribution is 9.11. The molecule has 9 heteroatoms. The van der Waals surface area contributed by atoms with Crippen molar-refractivity contribution in [2.75, 3.05) is 17.0 Å². The van der Waals surface area contributed by atoms with Crippen LogP contribution < -0.4 is 20.1 Å². The summed E-state index contributed by atoms with van der Waals surface area (Å²) >= 11 is 13.2. The summed E-state index contributed by atoms with van der Waals surface area (Å²) in [6.45, 7) is 0. The third kappa shape index (κ3) is 3.85. The molecule has 2 fully saturated rings. The van der Waals surface area contributed by atoms with Crippen molar-refractivity contribution in [3.05, 3.63) is 86.3 Å². The van der Waals surface area contributed by atoms with Gasteiger partial charge in [-0.25, -0.2) is 10.3 Å². The number of fused-ring (bicyclic) bond motifs is 1. The van der Waals surface area contributed by atoms with E-state index in [4.69, 9.17) is 16.3 Å². The minimum absolute atomic E-state index is 0.252. The van der Waals surface area contributed by atoms with E-state index in [0.29, 0.717) is 16.5 Å². The third-order valence-corrected chi connectivity index (χ3v) is 7.34. The van der Waals surface area contributed by atoms with Gasteiger partial charge in [0.15, 0.2) is 0 Å². The molecule has 0 spiro atoms. The van der Waals surface area contributed by atoms with Crippen LogP contribution in [-0.2, 0) is 9.59 Å².